The third-order valence-corrected chi connectivity index (χ3v) is 2.54. The van der Waals surface area contributed by atoms with Crippen molar-refractivity contribution in [2.24, 2.45) is 0 Å². The molecule has 0 bridgehead atoms. The summed E-state index contributed by atoms with van der Waals surface area (Å²) in [5, 5.41) is 21.4. The predicted octanol–water partition coefficient (Wildman–Crippen LogP) is 1.02. The van der Waals surface area contributed by atoms with Gasteiger partial charge in [0.2, 0.25) is 5.88 Å². The Morgan fingerprint density at radius 1 is 1.38 bits per heavy atom. The van der Waals surface area contributed by atoms with E-state index >= 15 is 0 Å². The first-order valence-corrected chi connectivity index (χ1v) is 4.91. The number of nitrogens with zero attached hydrogens (tertiary/aromatic N) is 1. The first kappa shape index (κ1) is 10.8. The van der Waals surface area contributed by atoms with Crippen LogP contribution in [0.5, 0.6) is 5.88 Å². The normalized spacial score (nSPS) is 10.6. The minimum Gasteiger partial charge on any atom is -0.493 e. The van der Waals surface area contributed by atoms with Gasteiger partial charge in [0.05, 0.1) is 17.3 Å². The molecule has 0 aliphatic rings. The lowest BCUT2D eigenvalue weighted by molar-refractivity contribution is 0.273. The van der Waals surface area contributed by atoms with Gasteiger partial charge < -0.3 is 10.2 Å². The van der Waals surface area contributed by atoms with E-state index in [-0.39, 0.29) is 11.4 Å². The molecule has 6 heteroatoms. The lowest BCUT2D eigenvalue weighted by Gasteiger charge is -2.05. The number of H-pyrrole nitrogens is 1. The van der Waals surface area contributed by atoms with E-state index in [4.69, 9.17) is 16.7 Å². The number of hydrogen-bond acceptors (Lipinski definition) is 3. The molecule has 0 atom stereocenters. The quantitative estimate of drug-likeness (QED) is 0.733. The number of nitrogens with one attached hydrogen (secondary N) is 1. The van der Waals surface area contributed by atoms with Crippen LogP contribution in [0.1, 0.15) is 5.56 Å². The lowest BCUT2D eigenvalue weighted by atomic mass is 10.3. The van der Waals surface area contributed by atoms with Crippen molar-refractivity contribution in [3.63, 3.8) is 0 Å². The van der Waals surface area contributed by atoms with Crippen LogP contribution in [-0.2, 0) is 6.61 Å². The fourth-order valence-electron chi connectivity index (χ4n) is 1.41. The Balaban J connectivity index is 2.66. The molecule has 3 N–H and O–H groups in total. The SMILES string of the molecule is O=c1[nH]n(-c2ccccc2Cl)c(O)c1CO. The van der Waals surface area contributed by atoms with E-state index in [0.29, 0.717) is 10.7 Å². The summed E-state index contributed by atoms with van der Waals surface area (Å²) in [6.07, 6.45) is 0. The van der Waals surface area contributed by atoms with Crippen LogP contribution in [0.4, 0.5) is 0 Å². The van der Waals surface area contributed by atoms with E-state index in [1.54, 1.807) is 24.3 Å². The number of aromatic amines is 1. The van der Waals surface area contributed by atoms with Crippen LogP contribution in [0.25, 0.3) is 5.69 Å². The fourth-order valence-corrected chi connectivity index (χ4v) is 1.63. The first-order valence-electron chi connectivity index (χ1n) is 4.53. The molecular formula is C10H9ClN2O3. The van der Waals surface area contributed by atoms with Gasteiger partial charge in [-0.25, -0.2) is 4.68 Å². The molecule has 0 aliphatic heterocycles. The van der Waals surface area contributed by atoms with E-state index < -0.39 is 12.2 Å². The molecule has 0 amide bonds. The Hall–Kier alpha value is -1.72. The summed E-state index contributed by atoms with van der Waals surface area (Å²) in [5.41, 5.74) is -0.182. The van der Waals surface area contributed by atoms with Crippen LogP contribution in [0.2, 0.25) is 5.02 Å². The second-order valence-corrected chi connectivity index (χ2v) is 3.60. The highest BCUT2D eigenvalue weighted by atomic mass is 35.5. The minimum absolute atomic E-state index is 0.0834. The summed E-state index contributed by atoms with van der Waals surface area (Å²) in [4.78, 5) is 11.3. The van der Waals surface area contributed by atoms with Gasteiger partial charge in [-0.1, -0.05) is 23.7 Å². The topological polar surface area (TPSA) is 78.2 Å². The Kier molecular flexibility index (Phi) is 2.72. The number of halogens is 1. The molecule has 0 unspecified atom stereocenters. The fraction of sp³-hybridized carbons (Fsp3) is 0.100. The Morgan fingerprint density at radius 3 is 2.62 bits per heavy atom. The number of aromatic nitrogens is 2. The second kappa shape index (κ2) is 4.03. The molecule has 0 saturated heterocycles. The smallest absolute Gasteiger partial charge is 0.273 e. The van der Waals surface area contributed by atoms with Gasteiger partial charge in [-0.2, -0.15) is 0 Å². The lowest BCUT2D eigenvalue weighted by Crippen LogP contribution is -2.07. The monoisotopic (exact) mass is 240 g/mol. The molecule has 5 nitrogen and oxygen atoms in total. The van der Waals surface area contributed by atoms with Crippen LogP contribution in [0.3, 0.4) is 0 Å². The van der Waals surface area contributed by atoms with Crippen LogP contribution >= 0.6 is 11.6 Å². The second-order valence-electron chi connectivity index (χ2n) is 3.19. The first-order chi connectivity index (χ1) is 7.65. The van der Waals surface area contributed by atoms with Gasteiger partial charge >= 0.3 is 0 Å². The van der Waals surface area contributed by atoms with E-state index in [2.05, 4.69) is 5.10 Å². The summed E-state index contributed by atoms with van der Waals surface area (Å²) < 4.78 is 1.14. The number of hydrogen-bond donors (Lipinski definition) is 3. The molecule has 0 fully saturated rings. The molecule has 84 valence electrons. The Morgan fingerprint density at radius 2 is 2.06 bits per heavy atom. The molecular weight excluding hydrogens is 232 g/mol. The van der Waals surface area contributed by atoms with Crippen molar-refractivity contribution in [1.82, 2.24) is 9.78 Å². The molecule has 1 aromatic heterocycles. The molecule has 0 saturated carbocycles. The van der Waals surface area contributed by atoms with Crippen molar-refractivity contribution < 1.29 is 10.2 Å². The Bertz CT molecular complexity index is 574. The number of aromatic hydroxyl groups is 1. The number of aliphatic hydroxyl groups is 1. The average molecular weight is 241 g/mol. The van der Waals surface area contributed by atoms with Gasteiger partial charge in [-0.3, -0.25) is 9.89 Å². The number of rotatable bonds is 2. The standard InChI is InChI=1S/C10H9ClN2O3/c11-7-3-1-2-4-8(7)13-10(16)6(5-14)9(15)12-13/h1-4,14,16H,5H2,(H,12,15). The van der Waals surface area contributed by atoms with Gasteiger partial charge in [0, 0.05) is 0 Å². The van der Waals surface area contributed by atoms with Gasteiger partial charge in [0.15, 0.2) is 0 Å². The van der Waals surface area contributed by atoms with E-state index in [9.17, 15) is 9.90 Å². The molecule has 1 heterocycles. The maximum Gasteiger partial charge on any atom is 0.273 e. The van der Waals surface area contributed by atoms with Gasteiger partial charge in [-0.05, 0) is 12.1 Å². The molecule has 2 aromatic rings. The average Bonchev–Trinajstić information content (AvgIpc) is 2.55. The van der Waals surface area contributed by atoms with Crippen LogP contribution < -0.4 is 5.56 Å². The number of benzene rings is 1. The molecule has 2 rings (SSSR count). The highest BCUT2D eigenvalue weighted by Gasteiger charge is 2.15. The zero-order valence-corrected chi connectivity index (χ0v) is 8.90. The van der Waals surface area contributed by atoms with E-state index in [1.165, 1.54) is 0 Å². The predicted molar refractivity (Wildman–Crippen MR) is 59.0 cm³/mol. The largest absolute Gasteiger partial charge is 0.493 e. The third kappa shape index (κ3) is 1.60. The van der Waals surface area contributed by atoms with Crippen molar-refractivity contribution in [3.05, 3.63) is 45.2 Å². The van der Waals surface area contributed by atoms with Gasteiger partial charge in [0.25, 0.3) is 5.56 Å². The van der Waals surface area contributed by atoms with Crippen molar-refractivity contribution in [3.8, 4) is 11.6 Å². The van der Waals surface area contributed by atoms with Gasteiger partial charge in [0.1, 0.15) is 5.56 Å². The van der Waals surface area contributed by atoms with Crippen LogP contribution in [0, 0.1) is 0 Å². The maximum atomic E-state index is 11.3. The van der Waals surface area contributed by atoms with E-state index in [0.717, 1.165) is 4.68 Å². The van der Waals surface area contributed by atoms with Crippen molar-refractivity contribution >= 4 is 11.6 Å². The summed E-state index contributed by atoms with van der Waals surface area (Å²) >= 11 is 5.92. The third-order valence-electron chi connectivity index (χ3n) is 2.22. The van der Waals surface area contributed by atoms with Crippen molar-refractivity contribution in [1.29, 1.82) is 0 Å². The van der Waals surface area contributed by atoms with E-state index in [1.807, 2.05) is 0 Å². The zero-order chi connectivity index (χ0) is 11.7. The Labute approximate surface area is 95.5 Å². The summed E-state index contributed by atoms with van der Waals surface area (Å²) in [7, 11) is 0. The highest BCUT2D eigenvalue weighted by Crippen LogP contribution is 2.24. The summed E-state index contributed by atoms with van der Waals surface area (Å²) in [6.45, 7) is -0.529. The number of aliphatic hydroxyl groups excluding tert-OH is 1. The van der Waals surface area contributed by atoms with Gasteiger partial charge in [-0.15, -0.1) is 0 Å². The zero-order valence-electron chi connectivity index (χ0n) is 8.14. The van der Waals surface area contributed by atoms with Crippen molar-refractivity contribution in [2.45, 2.75) is 6.61 Å². The van der Waals surface area contributed by atoms with Crippen molar-refractivity contribution in [2.75, 3.05) is 0 Å². The highest BCUT2D eigenvalue weighted by molar-refractivity contribution is 6.32. The molecule has 1 aromatic carbocycles. The molecule has 16 heavy (non-hydrogen) atoms. The van der Waals surface area contributed by atoms with Crippen LogP contribution in [0.15, 0.2) is 29.1 Å². The molecule has 0 radical (unpaired) electrons. The van der Waals surface area contributed by atoms with Crippen LogP contribution in [-0.4, -0.2) is 20.0 Å². The minimum atomic E-state index is -0.542. The maximum absolute atomic E-state index is 11.3. The summed E-state index contributed by atoms with van der Waals surface area (Å²) in [5.74, 6) is -0.333. The molecule has 0 spiro atoms. The molecule has 0 aliphatic carbocycles. The number of para-hydroxylation sites is 1. The summed E-state index contributed by atoms with van der Waals surface area (Å²) in [6, 6.07) is 6.72.